The van der Waals surface area contributed by atoms with Gasteiger partial charge in [-0.1, -0.05) is 38.5 Å². The fraction of sp³-hybridized carbons (Fsp3) is 0.556. The summed E-state index contributed by atoms with van der Waals surface area (Å²) in [6.45, 7) is 0. The fourth-order valence-electron chi connectivity index (χ4n) is 2.89. The summed E-state index contributed by atoms with van der Waals surface area (Å²) in [6, 6.07) is 5.57. The molecule has 1 N–H and O–H groups in total. The zero-order valence-electron chi connectivity index (χ0n) is 13.2. The van der Waals surface area contributed by atoms with E-state index in [0.29, 0.717) is 5.69 Å². The number of aromatic amines is 1. The first-order chi connectivity index (χ1) is 10.8. The summed E-state index contributed by atoms with van der Waals surface area (Å²) in [4.78, 5) is 19.5. The Hall–Kier alpha value is -1.84. The van der Waals surface area contributed by atoms with Crippen molar-refractivity contribution in [3.8, 4) is 5.75 Å². The quantitative estimate of drug-likeness (QED) is 0.754. The highest BCUT2D eigenvalue weighted by molar-refractivity contribution is 5.75. The molecule has 4 heteroatoms. The second kappa shape index (κ2) is 6.95. The van der Waals surface area contributed by atoms with Crippen LogP contribution in [0.3, 0.4) is 0 Å². The van der Waals surface area contributed by atoms with Crippen molar-refractivity contribution >= 4 is 11.0 Å². The van der Waals surface area contributed by atoms with Gasteiger partial charge in [-0.05, 0) is 30.9 Å². The number of fused-ring (bicyclic) bond motifs is 1. The molecule has 1 aromatic carbocycles. The largest absolute Gasteiger partial charge is 0.497 e. The Morgan fingerprint density at radius 2 is 2.05 bits per heavy atom. The maximum absolute atomic E-state index is 12.1. The minimum atomic E-state index is -0.0706. The van der Waals surface area contributed by atoms with E-state index >= 15 is 0 Å². The van der Waals surface area contributed by atoms with Crippen LogP contribution in [-0.4, -0.2) is 17.1 Å². The Balaban J connectivity index is 1.56. The molecular formula is C18H24N2O2. The molecule has 1 aliphatic carbocycles. The van der Waals surface area contributed by atoms with E-state index in [1.807, 2.05) is 18.2 Å². The Morgan fingerprint density at radius 3 is 2.82 bits per heavy atom. The number of unbranched alkanes of at least 4 members (excludes halogenated alkanes) is 3. The van der Waals surface area contributed by atoms with Crippen molar-refractivity contribution in [2.45, 2.75) is 51.4 Å². The number of aryl methyl sites for hydroxylation is 1. The van der Waals surface area contributed by atoms with E-state index in [2.05, 4.69) is 9.97 Å². The van der Waals surface area contributed by atoms with Crippen LogP contribution in [0.5, 0.6) is 5.75 Å². The number of nitrogens with one attached hydrogen (secondary N) is 1. The highest BCUT2D eigenvalue weighted by Crippen LogP contribution is 2.34. The Kier molecular flexibility index (Phi) is 4.76. The van der Waals surface area contributed by atoms with Crippen molar-refractivity contribution in [1.82, 2.24) is 9.97 Å². The van der Waals surface area contributed by atoms with Gasteiger partial charge in [0.2, 0.25) is 0 Å². The number of benzene rings is 1. The van der Waals surface area contributed by atoms with E-state index in [4.69, 9.17) is 4.74 Å². The van der Waals surface area contributed by atoms with Crippen molar-refractivity contribution in [1.29, 1.82) is 0 Å². The van der Waals surface area contributed by atoms with Gasteiger partial charge in [-0.3, -0.25) is 4.79 Å². The first kappa shape index (κ1) is 15.1. The molecule has 1 fully saturated rings. The number of hydrogen-bond acceptors (Lipinski definition) is 3. The molecule has 1 saturated carbocycles. The van der Waals surface area contributed by atoms with Gasteiger partial charge in [0.1, 0.15) is 11.4 Å². The predicted octanol–water partition coefficient (Wildman–Crippen LogP) is 3.83. The lowest BCUT2D eigenvalue weighted by molar-refractivity contribution is 0.415. The molecule has 1 aromatic heterocycles. The third kappa shape index (κ3) is 3.87. The summed E-state index contributed by atoms with van der Waals surface area (Å²) in [5, 5.41) is 0. The Labute approximate surface area is 130 Å². The topological polar surface area (TPSA) is 55.0 Å². The molecule has 0 saturated heterocycles. The van der Waals surface area contributed by atoms with Gasteiger partial charge in [-0.2, -0.15) is 0 Å². The zero-order chi connectivity index (χ0) is 15.4. The van der Waals surface area contributed by atoms with Crippen molar-refractivity contribution < 1.29 is 4.74 Å². The average Bonchev–Trinajstić information content (AvgIpc) is 3.34. The van der Waals surface area contributed by atoms with Crippen molar-refractivity contribution in [3.05, 3.63) is 34.2 Å². The van der Waals surface area contributed by atoms with Gasteiger partial charge in [0.25, 0.3) is 5.56 Å². The molecule has 1 aliphatic rings. The third-order valence-electron chi connectivity index (χ3n) is 4.44. The predicted molar refractivity (Wildman–Crippen MR) is 88.4 cm³/mol. The van der Waals surface area contributed by atoms with Crippen molar-refractivity contribution in [2.75, 3.05) is 7.11 Å². The summed E-state index contributed by atoms with van der Waals surface area (Å²) in [5.41, 5.74) is 2.14. The summed E-state index contributed by atoms with van der Waals surface area (Å²) < 4.78 is 5.17. The van der Waals surface area contributed by atoms with Gasteiger partial charge in [-0.25, -0.2) is 4.98 Å². The molecule has 3 rings (SSSR count). The maximum Gasteiger partial charge on any atom is 0.270 e. The van der Waals surface area contributed by atoms with E-state index < -0.39 is 0 Å². The normalized spacial score (nSPS) is 14.4. The van der Waals surface area contributed by atoms with Crippen LogP contribution >= 0.6 is 0 Å². The van der Waals surface area contributed by atoms with Crippen LogP contribution in [-0.2, 0) is 6.42 Å². The van der Waals surface area contributed by atoms with E-state index in [1.165, 1.54) is 38.5 Å². The van der Waals surface area contributed by atoms with Gasteiger partial charge in [-0.15, -0.1) is 0 Å². The monoisotopic (exact) mass is 300 g/mol. The molecule has 0 atom stereocenters. The molecule has 22 heavy (non-hydrogen) atoms. The number of hydrogen-bond donors (Lipinski definition) is 1. The van der Waals surface area contributed by atoms with E-state index in [-0.39, 0.29) is 5.56 Å². The maximum atomic E-state index is 12.1. The average molecular weight is 300 g/mol. The SMILES string of the molecule is COc1ccc2nc(CCCCCCC3CC3)c(=O)[nH]c2c1. The van der Waals surface area contributed by atoms with E-state index in [1.54, 1.807) is 7.11 Å². The van der Waals surface area contributed by atoms with Crippen LogP contribution in [0.1, 0.15) is 50.6 Å². The van der Waals surface area contributed by atoms with E-state index in [0.717, 1.165) is 35.5 Å². The molecule has 0 aliphatic heterocycles. The van der Waals surface area contributed by atoms with Crippen LogP contribution < -0.4 is 10.3 Å². The first-order valence-electron chi connectivity index (χ1n) is 8.33. The Bertz CT molecular complexity index is 689. The van der Waals surface area contributed by atoms with Gasteiger partial charge < -0.3 is 9.72 Å². The van der Waals surface area contributed by atoms with Gasteiger partial charge in [0.15, 0.2) is 0 Å². The molecule has 4 nitrogen and oxygen atoms in total. The summed E-state index contributed by atoms with van der Waals surface area (Å²) in [6.07, 6.45) is 9.90. The van der Waals surface area contributed by atoms with Crippen LogP contribution in [0.25, 0.3) is 11.0 Å². The number of methoxy groups -OCH3 is 1. The van der Waals surface area contributed by atoms with Crippen LogP contribution in [0.4, 0.5) is 0 Å². The Morgan fingerprint density at radius 1 is 1.23 bits per heavy atom. The van der Waals surface area contributed by atoms with Gasteiger partial charge >= 0.3 is 0 Å². The fourth-order valence-corrected chi connectivity index (χ4v) is 2.89. The summed E-state index contributed by atoms with van der Waals surface area (Å²) in [7, 11) is 1.62. The zero-order valence-corrected chi connectivity index (χ0v) is 13.2. The first-order valence-corrected chi connectivity index (χ1v) is 8.33. The lowest BCUT2D eigenvalue weighted by Crippen LogP contribution is -2.15. The molecule has 0 bridgehead atoms. The number of aromatic nitrogens is 2. The van der Waals surface area contributed by atoms with Gasteiger partial charge in [0, 0.05) is 6.07 Å². The third-order valence-corrected chi connectivity index (χ3v) is 4.44. The number of H-pyrrole nitrogens is 1. The highest BCUT2D eigenvalue weighted by Gasteiger charge is 2.19. The number of rotatable bonds is 8. The molecular weight excluding hydrogens is 276 g/mol. The second-order valence-corrected chi connectivity index (χ2v) is 6.29. The minimum absolute atomic E-state index is 0.0706. The minimum Gasteiger partial charge on any atom is -0.497 e. The smallest absolute Gasteiger partial charge is 0.270 e. The molecule has 0 spiro atoms. The van der Waals surface area contributed by atoms with Crippen molar-refractivity contribution in [2.24, 2.45) is 5.92 Å². The molecule has 1 heterocycles. The lowest BCUT2D eigenvalue weighted by Gasteiger charge is -2.05. The second-order valence-electron chi connectivity index (χ2n) is 6.29. The molecule has 2 aromatic rings. The van der Waals surface area contributed by atoms with Crippen LogP contribution in [0, 0.1) is 5.92 Å². The number of nitrogens with zero attached hydrogens (tertiary/aromatic N) is 1. The van der Waals surface area contributed by atoms with Crippen LogP contribution in [0.15, 0.2) is 23.0 Å². The molecule has 118 valence electrons. The standard InChI is InChI=1S/C18H24N2O2/c1-22-14-10-11-15-17(12-14)20-18(21)16(19-15)7-5-3-2-4-6-13-8-9-13/h10-13H,2-9H2,1H3,(H,20,21). The summed E-state index contributed by atoms with van der Waals surface area (Å²) in [5.74, 6) is 1.76. The highest BCUT2D eigenvalue weighted by atomic mass is 16.5. The number of ether oxygens (including phenoxy) is 1. The molecule has 0 radical (unpaired) electrons. The molecule has 0 unspecified atom stereocenters. The van der Waals surface area contributed by atoms with Crippen molar-refractivity contribution in [3.63, 3.8) is 0 Å². The summed E-state index contributed by atoms with van der Waals surface area (Å²) >= 11 is 0. The lowest BCUT2D eigenvalue weighted by atomic mass is 10.1. The van der Waals surface area contributed by atoms with E-state index in [9.17, 15) is 4.79 Å². The molecule has 0 amide bonds. The van der Waals surface area contributed by atoms with Gasteiger partial charge in [0.05, 0.1) is 18.1 Å². The van der Waals surface area contributed by atoms with Crippen LogP contribution in [0.2, 0.25) is 0 Å².